The van der Waals surface area contributed by atoms with Crippen molar-refractivity contribution >= 4 is 0 Å². The number of rotatable bonds is 4. The maximum Gasteiger partial charge on any atom is 0.134 e. The Balaban J connectivity index is 1.84. The lowest BCUT2D eigenvalue weighted by Crippen LogP contribution is -1.98. The van der Waals surface area contributed by atoms with Crippen molar-refractivity contribution in [1.29, 1.82) is 0 Å². The van der Waals surface area contributed by atoms with Gasteiger partial charge in [-0.15, -0.1) is 0 Å². The van der Waals surface area contributed by atoms with Crippen LogP contribution in [0.2, 0.25) is 0 Å². The summed E-state index contributed by atoms with van der Waals surface area (Å²) in [5.74, 6) is -1.80. The Labute approximate surface area is 146 Å². The molecular formula is C22H19F3. The van der Waals surface area contributed by atoms with Gasteiger partial charge in [-0.25, -0.2) is 13.2 Å². The van der Waals surface area contributed by atoms with E-state index in [2.05, 4.69) is 0 Å². The van der Waals surface area contributed by atoms with Crippen molar-refractivity contribution in [3.63, 3.8) is 0 Å². The predicted molar refractivity (Wildman–Crippen MR) is 95.1 cm³/mol. The van der Waals surface area contributed by atoms with Crippen molar-refractivity contribution in [2.75, 3.05) is 0 Å². The zero-order valence-electron chi connectivity index (χ0n) is 14.2. The molecule has 0 radical (unpaired) electrons. The van der Waals surface area contributed by atoms with Gasteiger partial charge < -0.3 is 0 Å². The van der Waals surface area contributed by atoms with Gasteiger partial charge >= 0.3 is 0 Å². The highest BCUT2D eigenvalue weighted by Crippen LogP contribution is 2.29. The maximum absolute atomic E-state index is 14.4. The molecule has 3 aromatic rings. The fourth-order valence-electron chi connectivity index (χ4n) is 2.84. The molecule has 0 saturated carbocycles. The van der Waals surface area contributed by atoms with Crippen LogP contribution in [0.5, 0.6) is 0 Å². The molecule has 0 aliphatic rings. The fraction of sp³-hybridized carbons (Fsp3) is 0.182. The minimum atomic E-state index is -0.665. The minimum Gasteiger partial charge on any atom is -0.207 e. The highest BCUT2D eigenvalue weighted by Gasteiger charge is 2.14. The van der Waals surface area contributed by atoms with Gasteiger partial charge in [0.1, 0.15) is 17.5 Å². The molecule has 0 unspecified atom stereocenters. The van der Waals surface area contributed by atoms with Crippen molar-refractivity contribution in [1.82, 2.24) is 0 Å². The summed E-state index contributed by atoms with van der Waals surface area (Å²) < 4.78 is 42.6. The number of aryl methyl sites for hydroxylation is 4. The van der Waals surface area contributed by atoms with Gasteiger partial charge in [0.2, 0.25) is 0 Å². The van der Waals surface area contributed by atoms with E-state index in [1.54, 1.807) is 6.92 Å². The van der Waals surface area contributed by atoms with Crippen molar-refractivity contribution in [3.05, 3.63) is 94.3 Å². The van der Waals surface area contributed by atoms with Gasteiger partial charge in [0.25, 0.3) is 0 Å². The molecular weight excluding hydrogens is 321 g/mol. The summed E-state index contributed by atoms with van der Waals surface area (Å²) in [6, 6.07) is 15.0. The Kier molecular flexibility index (Phi) is 4.93. The summed E-state index contributed by atoms with van der Waals surface area (Å²) in [5, 5.41) is 0. The standard InChI is InChI=1S/C22H19F3/c1-14-3-6-16(7-4-14)8-9-17-11-20(24)22(21(25)12-17)18-10-5-15(2)19(23)13-18/h3-7,10-13H,8-9H2,1-2H3. The summed E-state index contributed by atoms with van der Waals surface area (Å²) in [5.41, 5.74) is 3.36. The third-order valence-electron chi connectivity index (χ3n) is 4.39. The molecule has 0 amide bonds. The Morgan fingerprint density at radius 2 is 1.24 bits per heavy atom. The second kappa shape index (κ2) is 7.14. The van der Waals surface area contributed by atoms with Gasteiger partial charge in [-0.1, -0.05) is 42.0 Å². The SMILES string of the molecule is Cc1ccc(CCc2cc(F)c(-c3ccc(C)c(F)c3)c(F)c2)cc1. The average Bonchev–Trinajstić information content (AvgIpc) is 2.57. The summed E-state index contributed by atoms with van der Waals surface area (Å²) in [6.45, 7) is 3.63. The third-order valence-corrected chi connectivity index (χ3v) is 4.39. The van der Waals surface area contributed by atoms with E-state index in [-0.39, 0.29) is 11.1 Å². The van der Waals surface area contributed by atoms with E-state index in [0.29, 0.717) is 24.0 Å². The van der Waals surface area contributed by atoms with Crippen LogP contribution in [0.25, 0.3) is 11.1 Å². The molecule has 0 heterocycles. The number of hydrogen-bond acceptors (Lipinski definition) is 0. The molecule has 0 bridgehead atoms. The fourth-order valence-corrected chi connectivity index (χ4v) is 2.84. The highest BCUT2D eigenvalue weighted by molar-refractivity contribution is 5.65. The van der Waals surface area contributed by atoms with Crippen molar-refractivity contribution < 1.29 is 13.2 Å². The molecule has 0 N–H and O–H groups in total. The normalized spacial score (nSPS) is 10.9. The van der Waals surface area contributed by atoms with E-state index in [4.69, 9.17) is 0 Å². The summed E-state index contributed by atoms with van der Waals surface area (Å²) in [7, 11) is 0. The van der Waals surface area contributed by atoms with E-state index >= 15 is 0 Å². The first-order chi connectivity index (χ1) is 11.9. The van der Waals surface area contributed by atoms with Crippen LogP contribution in [0.15, 0.2) is 54.6 Å². The first-order valence-corrected chi connectivity index (χ1v) is 8.24. The van der Waals surface area contributed by atoms with Crippen molar-refractivity contribution in [3.8, 4) is 11.1 Å². The molecule has 0 spiro atoms. The van der Waals surface area contributed by atoms with E-state index in [0.717, 1.165) is 5.56 Å². The van der Waals surface area contributed by atoms with Gasteiger partial charge in [-0.05, 0) is 67.1 Å². The van der Waals surface area contributed by atoms with E-state index in [9.17, 15) is 13.2 Å². The largest absolute Gasteiger partial charge is 0.207 e. The smallest absolute Gasteiger partial charge is 0.134 e. The van der Waals surface area contributed by atoms with Crippen LogP contribution in [0, 0.1) is 31.3 Å². The molecule has 0 aliphatic heterocycles. The highest BCUT2D eigenvalue weighted by atomic mass is 19.1. The number of benzene rings is 3. The van der Waals surface area contributed by atoms with E-state index in [1.165, 1.54) is 35.9 Å². The van der Waals surface area contributed by atoms with Gasteiger partial charge in [0.15, 0.2) is 0 Å². The second-order valence-corrected chi connectivity index (χ2v) is 6.38. The summed E-state index contributed by atoms with van der Waals surface area (Å²) in [4.78, 5) is 0. The first kappa shape index (κ1) is 17.3. The molecule has 0 aliphatic carbocycles. The van der Waals surface area contributed by atoms with Gasteiger partial charge in [0.05, 0.1) is 5.56 Å². The zero-order valence-corrected chi connectivity index (χ0v) is 14.2. The lowest BCUT2D eigenvalue weighted by Gasteiger charge is -2.10. The van der Waals surface area contributed by atoms with Crippen LogP contribution in [0.3, 0.4) is 0 Å². The minimum absolute atomic E-state index is 0.182. The molecule has 0 atom stereocenters. The Morgan fingerprint density at radius 1 is 0.640 bits per heavy atom. The Hall–Kier alpha value is -2.55. The Morgan fingerprint density at radius 3 is 1.84 bits per heavy atom. The molecule has 3 aromatic carbocycles. The maximum atomic E-state index is 14.4. The molecule has 128 valence electrons. The van der Waals surface area contributed by atoms with Gasteiger partial charge in [0, 0.05) is 0 Å². The van der Waals surface area contributed by atoms with E-state index < -0.39 is 17.5 Å². The van der Waals surface area contributed by atoms with Crippen LogP contribution >= 0.6 is 0 Å². The molecule has 3 heteroatoms. The number of halogens is 3. The average molecular weight is 340 g/mol. The lowest BCUT2D eigenvalue weighted by atomic mass is 9.98. The van der Waals surface area contributed by atoms with Gasteiger partial charge in [-0.2, -0.15) is 0 Å². The predicted octanol–water partition coefficient (Wildman–Crippen LogP) is 6.17. The van der Waals surface area contributed by atoms with Crippen molar-refractivity contribution in [2.24, 2.45) is 0 Å². The molecule has 0 fully saturated rings. The van der Waals surface area contributed by atoms with Gasteiger partial charge in [-0.3, -0.25) is 0 Å². The van der Waals surface area contributed by atoms with E-state index in [1.807, 2.05) is 31.2 Å². The molecule has 3 rings (SSSR count). The monoisotopic (exact) mass is 340 g/mol. The van der Waals surface area contributed by atoms with Crippen LogP contribution in [-0.2, 0) is 12.8 Å². The Bertz CT molecular complexity index is 873. The van der Waals surface area contributed by atoms with Crippen LogP contribution in [0.1, 0.15) is 22.3 Å². The van der Waals surface area contributed by atoms with Crippen LogP contribution in [0.4, 0.5) is 13.2 Å². The molecule has 0 saturated heterocycles. The quantitative estimate of drug-likeness (QED) is 0.532. The molecule has 0 aromatic heterocycles. The van der Waals surface area contributed by atoms with Crippen LogP contribution < -0.4 is 0 Å². The summed E-state index contributed by atoms with van der Waals surface area (Å²) >= 11 is 0. The topological polar surface area (TPSA) is 0 Å². The van der Waals surface area contributed by atoms with Crippen molar-refractivity contribution in [2.45, 2.75) is 26.7 Å². The molecule has 0 nitrogen and oxygen atoms in total. The first-order valence-electron chi connectivity index (χ1n) is 8.24. The lowest BCUT2D eigenvalue weighted by molar-refractivity contribution is 0.584. The zero-order chi connectivity index (χ0) is 18.0. The van der Waals surface area contributed by atoms with Crippen LogP contribution in [-0.4, -0.2) is 0 Å². The summed E-state index contributed by atoms with van der Waals surface area (Å²) in [6.07, 6.45) is 1.25. The third kappa shape index (κ3) is 3.93. The molecule has 25 heavy (non-hydrogen) atoms. The second-order valence-electron chi connectivity index (χ2n) is 6.38. The number of hydrogen-bond donors (Lipinski definition) is 0.